The van der Waals surface area contributed by atoms with E-state index in [1.165, 1.54) is 16.8 Å². The number of H-pyrrole nitrogens is 1. The van der Waals surface area contributed by atoms with Crippen molar-refractivity contribution in [2.24, 2.45) is 0 Å². The Balaban J connectivity index is 2.22. The Labute approximate surface area is 99.5 Å². The van der Waals surface area contributed by atoms with Crippen LogP contribution in [0.5, 0.6) is 0 Å². The fourth-order valence-electron chi connectivity index (χ4n) is 1.82. The van der Waals surface area contributed by atoms with Crippen LogP contribution in [0.15, 0.2) is 17.6 Å². The molecule has 1 aromatic heterocycles. The van der Waals surface area contributed by atoms with Crippen molar-refractivity contribution in [2.75, 3.05) is 19.7 Å². The maximum Gasteiger partial charge on any atom is 0.260 e. The Hall–Kier alpha value is -0.960. The number of morpholine rings is 1. The highest BCUT2D eigenvalue weighted by molar-refractivity contribution is 7.89. The maximum absolute atomic E-state index is 12.2. The van der Waals surface area contributed by atoms with Gasteiger partial charge in [0.25, 0.3) is 10.0 Å². The van der Waals surface area contributed by atoms with E-state index in [4.69, 9.17) is 9.84 Å². The molecule has 0 aliphatic carbocycles. The molecule has 0 bridgehead atoms. The number of rotatable bonds is 3. The predicted octanol–water partition coefficient (Wildman–Crippen LogP) is -0.820. The molecule has 1 aliphatic heterocycles. The van der Waals surface area contributed by atoms with Crippen LogP contribution < -0.4 is 0 Å². The molecule has 0 saturated carbocycles. The summed E-state index contributed by atoms with van der Waals surface area (Å²) in [5, 5.41) is 9.11. The van der Waals surface area contributed by atoms with Crippen molar-refractivity contribution >= 4 is 10.0 Å². The number of hydrogen-bond donors (Lipinski definition) is 2. The van der Waals surface area contributed by atoms with Gasteiger partial charge in [-0.05, 0) is 6.92 Å². The molecule has 7 nitrogen and oxygen atoms in total. The van der Waals surface area contributed by atoms with Crippen LogP contribution in [-0.2, 0) is 14.8 Å². The van der Waals surface area contributed by atoms with Gasteiger partial charge in [0.2, 0.25) is 0 Å². The SMILES string of the molecule is CC1CN(S(=O)(=O)c2cnc[nH]2)CC(CO)O1. The minimum atomic E-state index is -3.57. The van der Waals surface area contributed by atoms with Gasteiger partial charge in [0.05, 0.1) is 31.3 Å². The quantitative estimate of drug-likeness (QED) is 0.741. The predicted molar refractivity (Wildman–Crippen MR) is 58.8 cm³/mol. The topological polar surface area (TPSA) is 95.5 Å². The lowest BCUT2D eigenvalue weighted by atomic mass is 10.2. The Kier molecular flexibility index (Phi) is 3.48. The van der Waals surface area contributed by atoms with Crippen LogP contribution in [0, 0.1) is 0 Å². The largest absolute Gasteiger partial charge is 0.394 e. The summed E-state index contributed by atoms with van der Waals surface area (Å²) in [5.41, 5.74) is 0. The van der Waals surface area contributed by atoms with Gasteiger partial charge in [-0.1, -0.05) is 0 Å². The maximum atomic E-state index is 12.2. The zero-order chi connectivity index (χ0) is 12.5. The highest BCUT2D eigenvalue weighted by Gasteiger charge is 2.34. The number of aliphatic hydroxyl groups is 1. The second kappa shape index (κ2) is 4.73. The van der Waals surface area contributed by atoms with E-state index in [1.807, 2.05) is 0 Å². The molecule has 0 amide bonds. The van der Waals surface area contributed by atoms with Gasteiger partial charge in [-0.25, -0.2) is 13.4 Å². The fourth-order valence-corrected chi connectivity index (χ4v) is 3.27. The lowest BCUT2D eigenvalue weighted by molar-refractivity contribution is -0.0750. The highest BCUT2D eigenvalue weighted by atomic mass is 32.2. The standard InChI is InChI=1S/C9H15N3O4S/c1-7-3-12(4-8(5-13)16-7)17(14,15)9-2-10-6-11-9/h2,6-8,13H,3-5H2,1H3,(H,10,11). The van der Waals surface area contributed by atoms with Crippen LogP contribution in [0.3, 0.4) is 0 Å². The van der Waals surface area contributed by atoms with Crippen molar-refractivity contribution in [1.82, 2.24) is 14.3 Å². The summed E-state index contributed by atoms with van der Waals surface area (Å²) in [4.78, 5) is 6.28. The van der Waals surface area contributed by atoms with E-state index in [2.05, 4.69) is 9.97 Å². The molecule has 1 aliphatic rings. The Morgan fingerprint density at radius 3 is 3.00 bits per heavy atom. The summed E-state index contributed by atoms with van der Waals surface area (Å²) in [6, 6.07) is 0. The molecular formula is C9H15N3O4S. The molecule has 17 heavy (non-hydrogen) atoms. The summed E-state index contributed by atoms with van der Waals surface area (Å²) < 4.78 is 31.0. The van der Waals surface area contributed by atoms with Crippen LogP contribution in [0.4, 0.5) is 0 Å². The van der Waals surface area contributed by atoms with Crippen molar-refractivity contribution in [1.29, 1.82) is 0 Å². The monoisotopic (exact) mass is 261 g/mol. The third-order valence-corrected chi connectivity index (χ3v) is 4.34. The number of aromatic amines is 1. The first-order valence-electron chi connectivity index (χ1n) is 5.29. The number of sulfonamides is 1. The van der Waals surface area contributed by atoms with E-state index in [-0.39, 0.29) is 30.8 Å². The average molecular weight is 261 g/mol. The van der Waals surface area contributed by atoms with E-state index in [0.29, 0.717) is 0 Å². The lowest BCUT2D eigenvalue weighted by Gasteiger charge is -2.34. The normalized spacial score (nSPS) is 27.2. The smallest absolute Gasteiger partial charge is 0.260 e. The van der Waals surface area contributed by atoms with Gasteiger partial charge in [-0.2, -0.15) is 4.31 Å². The van der Waals surface area contributed by atoms with Gasteiger partial charge < -0.3 is 14.8 Å². The Bertz CT molecular complexity index is 459. The zero-order valence-electron chi connectivity index (χ0n) is 9.41. The molecule has 1 fully saturated rings. The Morgan fingerprint density at radius 1 is 1.65 bits per heavy atom. The average Bonchev–Trinajstić information content (AvgIpc) is 2.82. The zero-order valence-corrected chi connectivity index (χ0v) is 10.2. The number of nitrogens with one attached hydrogen (secondary N) is 1. The number of aromatic nitrogens is 2. The molecule has 0 radical (unpaired) electrons. The first-order chi connectivity index (χ1) is 8.04. The number of hydrogen-bond acceptors (Lipinski definition) is 5. The van der Waals surface area contributed by atoms with Crippen LogP contribution in [0.2, 0.25) is 0 Å². The molecule has 0 spiro atoms. The van der Waals surface area contributed by atoms with Crippen LogP contribution in [0.1, 0.15) is 6.92 Å². The fraction of sp³-hybridized carbons (Fsp3) is 0.667. The first-order valence-corrected chi connectivity index (χ1v) is 6.73. The minimum absolute atomic E-state index is 0.0586. The van der Waals surface area contributed by atoms with Crippen LogP contribution in [0.25, 0.3) is 0 Å². The molecule has 96 valence electrons. The molecule has 2 unspecified atom stereocenters. The van der Waals surface area contributed by atoms with Crippen LogP contribution >= 0.6 is 0 Å². The lowest BCUT2D eigenvalue weighted by Crippen LogP contribution is -2.50. The third-order valence-electron chi connectivity index (χ3n) is 2.59. The van der Waals surface area contributed by atoms with Crippen molar-refractivity contribution in [2.45, 2.75) is 24.2 Å². The number of aliphatic hydroxyl groups excluding tert-OH is 1. The third kappa shape index (κ3) is 2.49. The van der Waals surface area contributed by atoms with E-state index < -0.39 is 16.1 Å². The molecule has 0 aromatic carbocycles. The Morgan fingerprint density at radius 2 is 2.41 bits per heavy atom. The van der Waals surface area contributed by atoms with Gasteiger partial charge in [0, 0.05) is 13.1 Å². The number of ether oxygens (including phenoxy) is 1. The molecule has 2 rings (SSSR count). The molecule has 1 saturated heterocycles. The van der Waals surface area contributed by atoms with E-state index in [9.17, 15) is 8.42 Å². The summed E-state index contributed by atoms with van der Waals surface area (Å²) in [7, 11) is -3.57. The summed E-state index contributed by atoms with van der Waals surface area (Å²) in [6.07, 6.45) is 1.87. The van der Waals surface area contributed by atoms with Crippen LogP contribution in [-0.4, -0.2) is 59.7 Å². The second-order valence-corrected chi connectivity index (χ2v) is 5.90. The summed E-state index contributed by atoms with van der Waals surface area (Å²) in [5.74, 6) is 0. The molecule has 2 heterocycles. The molecule has 1 aromatic rings. The second-order valence-electron chi connectivity index (χ2n) is 3.99. The first kappa shape index (κ1) is 12.5. The minimum Gasteiger partial charge on any atom is -0.394 e. The number of imidazole rings is 1. The van der Waals surface area contributed by atoms with Crippen molar-refractivity contribution < 1.29 is 18.3 Å². The molecular weight excluding hydrogens is 246 g/mol. The molecule has 8 heteroatoms. The van der Waals surface area contributed by atoms with Crippen molar-refractivity contribution in [3.63, 3.8) is 0 Å². The van der Waals surface area contributed by atoms with Gasteiger partial charge in [-0.15, -0.1) is 0 Å². The summed E-state index contributed by atoms with van der Waals surface area (Å²) >= 11 is 0. The molecule has 2 atom stereocenters. The van der Waals surface area contributed by atoms with Gasteiger partial charge >= 0.3 is 0 Å². The van der Waals surface area contributed by atoms with Gasteiger partial charge in [-0.3, -0.25) is 0 Å². The summed E-state index contributed by atoms with van der Waals surface area (Å²) in [6.45, 7) is 2.01. The van der Waals surface area contributed by atoms with E-state index in [1.54, 1.807) is 6.92 Å². The van der Waals surface area contributed by atoms with Gasteiger partial charge in [0.15, 0.2) is 5.03 Å². The molecule has 2 N–H and O–H groups in total. The van der Waals surface area contributed by atoms with E-state index in [0.717, 1.165) is 0 Å². The van der Waals surface area contributed by atoms with Crippen molar-refractivity contribution in [3.05, 3.63) is 12.5 Å². The number of nitrogens with zero attached hydrogens (tertiary/aromatic N) is 2. The van der Waals surface area contributed by atoms with Gasteiger partial charge in [0.1, 0.15) is 0 Å². The van der Waals surface area contributed by atoms with Crippen molar-refractivity contribution in [3.8, 4) is 0 Å². The van der Waals surface area contributed by atoms with E-state index >= 15 is 0 Å². The highest BCUT2D eigenvalue weighted by Crippen LogP contribution is 2.19.